The lowest BCUT2D eigenvalue weighted by molar-refractivity contribution is -0.123. The van der Waals surface area contributed by atoms with E-state index in [2.05, 4.69) is 31.3 Å². The fourth-order valence-electron chi connectivity index (χ4n) is 6.58. The monoisotopic (exact) mass is 676 g/mol. The number of allylic oxidation sites excluding steroid dienone is 3. The summed E-state index contributed by atoms with van der Waals surface area (Å²) < 4.78 is 0. The second kappa shape index (κ2) is 40.3. The number of aliphatic hydroxyl groups excluding tert-OH is 2. The van der Waals surface area contributed by atoms with E-state index in [9.17, 15) is 15.0 Å². The lowest BCUT2D eigenvalue weighted by Crippen LogP contribution is -2.45. The van der Waals surface area contributed by atoms with Crippen LogP contribution in [-0.4, -0.2) is 34.9 Å². The highest BCUT2D eigenvalue weighted by Gasteiger charge is 2.17. The molecule has 0 aromatic heterocycles. The molecule has 0 spiro atoms. The largest absolute Gasteiger partial charge is 0.394 e. The first-order chi connectivity index (χ1) is 23.7. The van der Waals surface area contributed by atoms with Gasteiger partial charge in [-0.25, -0.2) is 0 Å². The van der Waals surface area contributed by atoms with Gasteiger partial charge < -0.3 is 15.5 Å². The fourth-order valence-corrected chi connectivity index (χ4v) is 6.58. The zero-order chi connectivity index (χ0) is 35.0. The quantitative estimate of drug-likeness (QED) is 0.0448. The van der Waals surface area contributed by atoms with Crippen molar-refractivity contribution in [2.24, 2.45) is 0 Å². The summed E-state index contributed by atoms with van der Waals surface area (Å²) in [5.41, 5.74) is 0. The number of hydrogen-bond donors (Lipinski definition) is 3. The number of amides is 1. The fraction of sp³-hybridized carbons (Fsp3) is 0.886. The van der Waals surface area contributed by atoms with E-state index in [1.807, 2.05) is 6.08 Å². The Hall–Kier alpha value is -1.13. The Bertz CT molecular complexity index is 691. The molecular weight excluding hydrogens is 590 g/mol. The van der Waals surface area contributed by atoms with Crippen molar-refractivity contribution in [3.63, 3.8) is 0 Å². The molecule has 0 aliphatic rings. The maximum atomic E-state index is 12.3. The summed E-state index contributed by atoms with van der Waals surface area (Å²) in [6.07, 6.45) is 51.5. The van der Waals surface area contributed by atoms with E-state index < -0.39 is 12.1 Å². The van der Waals surface area contributed by atoms with Crippen molar-refractivity contribution in [1.29, 1.82) is 0 Å². The van der Waals surface area contributed by atoms with Gasteiger partial charge in [0.1, 0.15) is 0 Å². The van der Waals surface area contributed by atoms with Gasteiger partial charge in [-0.3, -0.25) is 4.79 Å². The maximum Gasteiger partial charge on any atom is 0.220 e. The van der Waals surface area contributed by atoms with Crippen LogP contribution in [0.2, 0.25) is 0 Å². The van der Waals surface area contributed by atoms with Crippen molar-refractivity contribution in [2.75, 3.05) is 6.61 Å². The minimum absolute atomic E-state index is 0.0792. The van der Waals surface area contributed by atoms with E-state index in [4.69, 9.17) is 0 Å². The third-order valence-corrected chi connectivity index (χ3v) is 9.93. The molecule has 0 aliphatic heterocycles. The first-order valence-corrected chi connectivity index (χ1v) is 21.6. The zero-order valence-corrected chi connectivity index (χ0v) is 32.5. The van der Waals surface area contributed by atoms with Crippen molar-refractivity contribution < 1.29 is 15.0 Å². The highest BCUT2D eigenvalue weighted by atomic mass is 16.3. The van der Waals surface area contributed by atoms with Gasteiger partial charge in [0, 0.05) is 6.42 Å². The number of hydrogen-bond acceptors (Lipinski definition) is 3. The number of unbranched alkanes of at least 4 members (excludes halogenated alkanes) is 30. The molecule has 1 amide bonds. The van der Waals surface area contributed by atoms with E-state index in [0.717, 1.165) is 38.5 Å². The first kappa shape index (κ1) is 46.9. The molecule has 0 bridgehead atoms. The van der Waals surface area contributed by atoms with E-state index in [1.165, 1.54) is 173 Å². The van der Waals surface area contributed by atoms with Gasteiger partial charge in [-0.1, -0.05) is 205 Å². The standard InChI is InChI=1S/C44H85NO3/c1-3-5-7-9-11-13-15-17-18-19-20-21-22-23-24-25-26-28-29-31-33-35-37-39-43(47)42(41-46)45-44(48)40-38-36-34-32-30-27-16-14-12-10-8-6-4-2/h27,30,37,39,42-43,46-47H,3-26,28-29,31-36,38,40-41H2,1-2H3,(H,45,48)/b30-27-,39-37+. The number of carbonyl (C=O) groups is 1. The normalized spacial score (nSPS) is 13.2. The van der Waals surface area contributed by atoms with Gasteiger partial charge in [0.05, 0.1) is 18.8 Å². The highest BCUT2D eigenvalue weighted by Crippen LogP contribution is 2.16. The third kappa shape index (κ3) is 36.2. The Morgan fingerprint density at radius 1 is 0.479 bits per heavy atom. The van der Waals surface area contributed by atoms with Gasteiger partial charge in [-0.2, -0.15) is 0 Å². The molecule has 0 fully saturated rings. The summed E-state index contributed by atoms with van der Waals surface area (Å²) in [5.74, 6) is -0.0792. The summed E-state index contributed by atoms with van der Waals surface area (Å²) in [6.45, 7) is 4.30. The van der Waals surface area contributed by atoms with Crippen LogP contribution in [0.1, 0.15) is 232 Å². The molecule has 0 radical (unpaired) electrons. The molecule has 0 saturated heterocycles. The molecule has 48 heavy (non-hydrogen) atoms. The van der Waals surface area contributed by atoms with Crippen molar-refractivity contribution in [1.82, 2.24) is 5.32 Å². The van der Waals surface area contributed by atoms with E-state index in [1.54, 1.807) is 6.08 Å². The Labute approximate surface area is 300 Å². The molecule has 2 unspecified atom stereocenters. The van der Waals surface area contributed by atoms with Crippen LogP contribution in [0.15, 0.2) is 24.3 Å². The van der Waals surface area contributed by atoms with E-state index in [-0.39, 0.29) is 12.5 Å². The highest BCUT2D eigenvalue weighted by molar-refractivity contribution is 5.76. The van der Waals surface area contributed by atoms with Gasteiger partial charge in [-0.15, -0.1) is 0 Å². The van der Waals surface area contributed by atoms with Crippen LogP contribution in [0.5, 0.6) is 0 Å². The minimum Gasteiger partial charge on any atom is -0.394 e. The van der Waals surface area contributed by atoms with Crippen molar-refractivity contribution in [2.45, 2.75) is 244 Å². The number of aliphatic hydroxyl groups is 2. The van der Waals surface area contributed by atoms with Crippen LogP contribution in [0.4, 0.5) is 0 Å². The number of rotatable bonds is 39. The maximum absolute atomic E-state index is 12.3. The molecule has 284 valence electrons. The van der Waals surface area contributed by atoms with Gasteiger partial charge in [0.2, 0.25) is 5.91 Å². The third-order valence-electron chi connectivity index (χ3n) is 9.93. The molecule has 3 N–H and O–H groups in total. The van der Waals surface area contributed by atoms with Crippen molar-refractivity contribution in [3.8, 4) is 0 Å². The zero-order valence-electron chi connectivity index (χ0n) is 32.5. The van der Waals surface area contributed by atoms with Crippen LogP contribution in [0, 0.1) is 0 Å². The predicted octanol–water partition coefficient (Wildman–Crippen LogP) is 13.2. The molecule has 4 heteroatoms. The molecule has 0 aromatic rings. The molecule has 0 saturated carbocycles. The second-order valence-corrected chi connectivity index (χ2v) is 14.8. The number of carbonyl (C=O) groups excluding carboxylic acids is 1. The Morgan fingerprint density at radius 3 is 1.15 bits per heavy atom. The molecule has 4 nitrogen and oxygen atoms in total. The van der Waals surface area contributed by atoms with Crippen LogP contribution < -0.4 is 5.32 Å². The Kier molecular flexibility index (Phi) is 39.4. The topological polar surface area (TPSA) is 69.6 Å². The lowest BCUT2D eigenvalue weighted by atomic mass is 10.0. The summed E-state index contributed by atoms with van der Waals surface area (Å²) in [7, 11) is 0. The molecular formula is C44H85NO3. The SMILES string of the molecule is CCCCCCCC/C=C\CCCCCC(=O)NC(CO)C(O)/C=C/CCCCCCCCCCCCCCCCCCCCCCC. The van der Waals surface area contributed by atoms with Crippen LogP contribution >= 0.6 is 0 Å². The Morgan fingerprint density at radius 2 is 0.792 bits per heavy atom. The van der Waals surface area contributed by atoms with Crippen LogP contribution in [0.25, 0.3) is 0 Å². The van der Waals surface area contributed by atoms with Crippen molar-refractivity contribution in [3.05, 3.63) is 24.3 Å². The Balaban J connectivity index is 3.54. The van der Waals surface area contributed by atoms with Gasteiger partial charge in [0.15, 0.2) is 0 Å². The van der Waals surface area contributed by atoms with Gasteiger partial charge in [0.25, 0.3) is 0 Å². The summed E-state index contributed by atoms with van der Waals surface area (Å²) in [5, 5.41) is 23.0. The summed E-state index contributed by atoms with van der Waals surface area (Å²) in [6, 6.07) is -0.627. The van der Waals surface area contributed by atoms with Crippen LogP contribution in [0.3, 0.4) is 0 Å². The lowest BCUT2D eigenvalue weighted by Gasteiger charge is -2.19. The van der Waals surface area contributed by atoms with E-state index >= 15 is 0 Å². The van der Waals surface area contributed by atoms with Gasteiger partial charge >= 0.3 is 0 Å². The summed E-state index contributed by atoms with van der Waals surface area (Å²) >= 11 is 0. The average molecular weight is 676 g/mol. The van der Waals surface area contributed by atoms with Crippen molar-refractivity contribution >= 4 is 5.91 Å². The van der Waals surface area contributed by atoms with Crippen LogP contribution in [-0.2, 0) is 4.79 Å². The molecule has 2 atom stereocenters. The first-order valence-electron chi connectivity index (χ1n) is 21.6. The molecule has 0 aliphatic carbocycles. The molecule has 0 rings (SSSR count). The van der Waals surface area contributed by atoms with Gasteiger partial charge in [-0.05, 0) is 44.9 Å². The predicted molar refractivity (Wildman–Crippen MR) is 212 cm³/mol. The smallest absolute Gasteiger partial charge is 0.220 e. The minimum atomic E-state index is -0.842. The van der Waals surface area contributed by atoms with E-state index in [0.29, 0.717) is 6.42 Å². The second-order valence-electron chi connectivity index (χ2n) is 14.8. The molecule has 0 aromatic carbocycles. The average Bonchev–Trinajstić information content (AvgIpc) is 3.09. The summed E-state index contributed by atoms with van der Waals surface area (Å²) in [4.78, 5) is 12.3. The molecule has 0 heterocycles. The number of nitrogens with one attached hydrogen (secondary N) is 1.